The normalized spacial score (nSPS) is 16.8. The molecule has 0 spiro atoms. The van der Waals surface area contributed by atoms with Gasteiger partial charge in [0, 0.05) is 57.4 Å². The Morgan fingerprint density at radius 2 is 1.67 bits per heavy atom. The summed E-state index contributed by atoms with van der Waals surface area (Å²) in [7, 11) is 3.34. The molecule has 0 saturated carbocycles. The number of ether oxygens (including phenoxy) is 2. The van der Waals surface area contributed by atoms with Gasteiger partial charge in [0.25, 0.3) is 0 Å². The van der Waals surface area contributed by atoms with Crippen LogP contribution in [0.5, 0.6) is 11.5 Å². The standard InChI is InChI=1S/C29H28ClN3O3/c1-35-19-7-9-25-23(14-19)24(15-31-25)29(34)28-27-21(22-13-20(36-2)8-10-26(22)32-27)11-12-33(28)16-17-3-5-18(30)6-4-17/h3-10,13-15,28-29,31-32,34H,11-12,16H2,1-2H3. The van der Waals surface area contributed by atoms with E-state index in [-0.39, 0.29) is 6.04 Å². The van der Waals surface area contributed by atoms with Crippen LogP contribution in [0.2, 0.25) is 5.02 Å². The molecule has 7 heteroatoms. The van der Waals surface area contributed by atoms with Crippen LogP contribution in [0.3, 0.4) is 0 Å². The molecule has 36 heavy (non-hydrogen) atoms. The third-order valence-corrected chi connectivity index (χ3v) is 7.57. The van der Waals surface area contributed by atoms with E-state index >= 15 is 0 Å². The molecule has 0 radical (unpaired) electrons. The molecule has 3 heterocycles. The highest BCUT2D eigenvalue weighted by atomic mass is 35.5. The summed E-state index contributed by atoms with van der Waals surface area (Å²) in [5, 5.41) is 14.8. The van der Waals surface area contributed by atoms with Crippen LogP contribution in [0, 0.1) is 0 Å². The molecule has 2 atom stereocenters. The van der Waals surface area contributed by atoms with E-state index < -0.39 is 6.10 Å². The van der Waals surface area contributed by atoms with Crippen molar-refractivity contribution in [1.29, 1.82) is 0 Å². The Labute approximate surface area is 214 Å². The highest BCUT2D eigenvalue weighted by Gasteiger charge is 2.37. The van der Waals surface area contributed by atoms with E-state index in [1.54, 1.807) is 14.2 Å². The predicted octanol–water partition coefficient (Wildman–Crippen LogP) is 6.15. The van der Waals surface area contributed by atoms with Gasteiger partial charge in [-0.3, -0.25) is 4.90 Å². The topological polar surface area (TPSA) is 73.5 Å². The van der Waals surface area contributed by atoms with Gasteiger partial charge in [-0.15, -0.1) is 0 Å². The molecular formula is C29H28ClN3O3. The first-order chi connectivity index (χ1) is 17.6. The third-order valence-electron chi connectivity index (χ3n) is 7.32. The molecule has 0 amide bonds. The van der Waals surface area contributed by atoms with Crippen LogP contribution in [-0.4, -0.2) is 40.7 Å². The number of aromatic nitrogens is 2. The van der Waals surface area contributed by atoms with Crippen LogP contribution in [0.4, 0.5) is 0 Å². The van der Waals surface area contributed by atoms with Crippen molar-refractivity contribution in [3.63, 3.8) is 0 Å². The van der Waals surface area contributed by atoms with Gasteiger partial charge in [0.1, 0.15) is 17.6 Å². The molecule has 6 nitrogen and oxygen atoms in total. The van der Waals surface area contributed by atoms with Crippen molar-refractivity contribution >= 4 is 33.4 Å². The zero-order chi connectivity index (χ0) is 24.8. The van der Waals surface area contributed by atoms with E-state index in [2.05, 4.69) is 27.0 Å². The summed E-state index contributed by atoms with van der Waals surface area (Å²) in [6.07, 6.45) is 2.02. The van der Waals surface area contributed by atoms with Gasteiger partial charge in [0.15, 0.2) is 0 Å². The molecule has 0 aliphatic carbocycles. The van der Waals surface area contributed by atoms with Gasteiger partial charge < -0.3 is 24.5 Å². The number of hydrogen-bond acceptors (Lipinski definition) is 4. The largest absolute Gasteiger partial charge is 0.497 e. The molecule has 184 valence electrons. The summed E-state index contributed by atoms with van der Waals surface area (Å²) >= 11 is 6.14. The molecule has 0 bridgehead atoms. The van der Waals surface area contributed by atoms with Crippen LogP contribution < -0.4 is 9.47 Å². The van der Waals surface area contributed by atoms with Crippen molar-refractivity contribution in [3.05, 3.63) is 94.3 Å². The maximum Gasteiger partial charge on any atom is 0.119 e. The summed E-state index contributed by atoms with van der Waals surface area (Å²) in [6, 6.07) is 19.6. The third kappa shape index (κ3) is 3.91. The van der Waals surface area contributed by atoms with Gasteiger partial charge in [0.2, 0.25) is 0 Å². The summed E-state index contributed by atoms with van der Waals surface area (Å²) in [5.74, 6) is 1.59. The number of fused-ring (bicyclic) bond motifs is 4. The van der Waals surface area contributed by atoms with Crippen molar-refractivity contribution in [2.75, 3.05) is 20.8 Å². The number of nitrogens with zero attached hydrogens (tertiary/aromatic N) is 1. The minimum atomic E-state index is -0.771. The summed E-state index contributed by atoms with van der Waals surface area (Å²) in [5.41, 5.74) is 6.29. The number of nitrogens with one attached hydrogen (secondary N) is 2. The smallest absolute Gasteiger partial charge is 0.119 e. The number of methoxy groups -OCH3 is 2. The second kappa shape index (κ2) is 9.21. The molecule has 6 rings (SSSR count). The van der Waals surface area contributed by atoms with E-state index in [0.29, 0.717) is 11.6 Å². The Balaban J connectivity index is 1.47. The second-order valence-electron chi connectivity index (χ2n) is 9.32. The van der Waals surface area contributed by atoms with Crippen molar-refractivity contribution in [3.8, 4) is 11.5 Å². The molecule has 5 aromatic rings. The number of H-pyrrole nitrogens is 2. The van der Waals surface area contributed by atoms with Gasteiger partial charge in [-0.05, 0) is 66.1 Å². The average molecular weight is 502 g/mol. The lowest BCUT2D eigenvalue weighted by Gasteiger charge is -2.38. The molecule has 1 aliphatic rings. The van der Waals surface area contributed by atoms with E-state index in [0.717, 1.165) is 63.1 Å². The lowest BCUT2D eigenvalue weighted by Crippen LogP contribution is -2.38. The van der Waals surface area contributed by atoms with Crippen LogP contribution in [-0.2, 0) is 13.0 Å². The Kier molecular flexibility index (Phi) is 5.88. The lowest BCUT2D eigenvalue weighted by atomic mass is 9.90. The van der Waals surface area contributed by atoms with Crippen molar-refractivity contribution in [2.45, 2.75) is 25.1 Å². The summed E-state index contributed by atoms with van der Waals surface area (Å²) < 4.78 is 11.0. The van der Waals surface area contributed by atoms with E-state index in [1.807, 2.05) is 54.7 Å². The highest BCUT2D eigenvalue weighted by molar-refractivity contribution is 6.30. The van der Waals surface area contributed by atoms with Crippen molar-refractivity contribution in [2.24, 2.45) is 0 Å². The Bertz CT molecular complexity index is 1540. The maximum absolute atomic E-state index is 12.0. The first-order valence-electron chi connectivity index (χ1n) is 12.1. The molecule has 3 aromatic carbocycles. The van der Waals surface area contributed by atoms with E-state index in [9.17, 15) is 5.11 Å². The van der Waals surface area contributed by atoms with Crippen LogP contribution >= 0.6 is 11.6 Å². The SMILES string of the molecule is COc1ccc2[nH]cc(C(O)C3c4[nH]c5ccc(OC)cc5c4CCN3Cc3ccc(Cl)cc3)c2c1. The molecule has 3 N–H and O–H groups in total. The van der Waals surface area contributed by atoms with Crippen molar-refractivity contribution < 1.29 is 14.6 Å². The molecule has 2 unspecified atom stereocenters. The number of aliphatic hydroxyl groups is 1. The fraction of sp³-hybridized carbons (Fsp3) is 0.241. The van der Waals surface area contributed by atoms with Gasteiger partial charge in [-0.25, -0.2) is 0 Å². The summed E-state index contributed by atoms with van der Waals surface area (Å²) in [4.78, 5) is 9.31. The van der Waals surface area contributed by atoms with Crippen LogP contribution in [0.15, 0.2) is 66.9 Å². The Morgan fingerprint density at radius 3 is 2.39 bits per heavy atom. The van der Waals surface area contributed by atoms with E-state index in [4.69, 9.17) is 21.1 Å². The summed E-state index contributed by atoms with van der Waals surface area (Å²) in [6.45, 7) is 1.51. The minimum Gasteiger partial charge on any atom is -0.497 e. The number of rotatable bonds is 6. The Morgan fingerprint density at radius 1 is 0.972 bits per heavy atom. The fourth-order valence-electron chi connectivity index (χ4n) is 5.50. The zero-order valence-electron chi connectivity index (χ0n) is 20.2. The first-order valence-corrected chi connectivity index (χ1v) is 12.4. The number of aliphatic hydroxyl groups excluding tert-OH is 1. The highest BCUT2D eigenvalue weighted by Crippen LogP contribution is 2.44. The maximum atomic E-state index is 12.0. The monoisotopic (exact) mass is 501 g/mol. The molecule has 0 saturated heterocycles. The molecule has 2 aromatic heterocycles. The molecular weight excluding hydrogens is 474 g/mol. The van der Waals surface area contributed by atoms with E-state index in [1.165, 1.54) is 5.56 Å². The fourth-order valence-corrected chi connectivity index (χ4v) is 5.62. The molecule has 0 fully saturated rings. The Hall–Kier alpha value is -3.45. The van der Waals surface area contributed by atoms with Gasteiger partial charge >= 0.3 is 0 Å². The van der Waals surface area contributed by atoms with Gasteiger partial charge in [-0.2, -0.15) is 0 Å². The number of halogens is 1. The number of hydrogen-bond donors (Lipinski definition) is 3. The van der Waals surface area contributed by atoms with Gasteiger partial charge in [-0.1, -0.05) is 23.7 Å². The number of benzene rings is 3. The van der Waals surface area contributed by atoms with Crippen LogP contribution in [0.25, 0.3) is 21.8 Å². The average Bonchev–Trinajstić information content (AvgIpc) is 3.50. The second-order valence-corrected chi connectivity index (χ2v) is 9.76. The number of aromatic amines is 2. The minimum absolute atomic E-state index is 0.270. The van der Waals surface area contributed by atoms with Gasteiger partial charge in [0.05, 0.1) is 20.3 Å². The van der Waals surface area contributed by atoms with Crippen molar-refractivity contribution in [1.82, 2.24) is 14.9 Å². The zero-order valence-corrected chi connectivity index (χ0v) is 21.0. The quantitative estimate of drug-likeness (QED) is 0.261. The van der Waals surface area contributed by atoms with Crippen LogP contribution in [0.1, 0.15) is 34.5 Å². The lowest BCUT2D eigenvalue weighted by molar-refractivity contribution is 0.0349. The predicted molar refractivity (Wildman–Crippen MR) is 143 cm³/mol. The molecule has 1 aliphatic heterocycles. The first kappa shape index (κ1) is 23.0.